The van der Waals surface area contributed by atoms with Crippen LogP contribution in [0.15, 0.2) is 45.3 Å². The van der Waals surface area contributed by atoms with Crippen molar-refractivity contribution in [1.29, 1.82) is 0 Å². The molecule has 1 atom stereocenters. The first kappa shape index (κ1) is 16.6. The van der Waals surface area contributed by atoms with E-state index < -0.39 is 0 Å². The number of hydrogen-bond acceptors (Lipinski definition) is 3. The number of hydrogen-bond donors (Lipinski definition) is 1. The summed E-state index contributed by atoms with van der Waals surface area (Å²) in [6.45, 7) is 0.319. The van der Waals surface area contributed by atoms with E-state index in [-0.39, 0.29) is 6.10 Å². The van der Waals surface area contributed by atoms with E-state index in [1.165, 1.54) is 0 Å². The number of halogens is 3. The van der Waals surface area contributed by atoms with Crippen LogP contribution in [0.2, 0.25) is 5.02 Å². The van der Waals surface area contributed by atoms with Gasteiger partial charge in [-0.25, -0.2) is 0 Å². The van der Waals surface area contributed by atoms with Gasteiger partial charge < -0.3 is 15.2 Å². The zero-order chi connectivity index (χ0) is 15.4. The second-order valence-corrected chi connectivity index (χ2v) is 6.40. The van der Waals surface area contributed by atoms with Gasteiger partial charge in [0.1, 0.15) is 17.6 Å². The Balaban J connectivity index is 2.31. The van der Waals surface area contributed by atoms with Crippen LogP contribution in [0, 0.1) is 0 Å². The first-order valence-electron chi connectivity index (χ1n) is 6.21. The number of nitrogens with two attached hydrogens (primary N) is 1. The molecule has 0 fully saturated rings. The first-order valence-corrected chi connectivity index (χ1v) is 8.17. The molecule has 0 aliphatic carbocycles. The van der Waals surface area contributed by atoms with Crippen LogP contribution in [0.1, 0.15) is 11.7 Å². The smallest absolute Gasteiger partial charge is 0.137 e. The Morgan fingerprint density at radius 2 is 1.76 bits per heavy atom. The molecule has 0 spiro atoms. The van der Waals surface area contributed by atoms with E-state index in [2.05, 4.69) is 31.9 Å². The summed E-state index contributed by atoms with van der Waals surface area (Å²) in [4.78, 5) is 0. The van der Waals surface area contributed by atoms with Crippen molar-refractivity contribution in [2.75, 3.05) is 13.7 Å². The molecular weight excluding hydrogens is 421 g/mol. The van der Waals surface area contributed by atoms with Gasteiger partial charge in [0.25, 0.3) is 0 Å². The van der Waals surface area contributed by atoms with Gasteiger partial charge in [0.05, 0.1) is 16.1 Å². The lowest BCUT2D eigenvalue weighted by Crippen LogP contribution is -2.19. The quantitative estimate of drug-likeness (QED) is 0.723. The fourth-order valence-corrected chi connectivity index (χ4v) is 3.04. The Morgan fingerprint density at radius 1 is 1.14 bits per heavy atom. The zero-order valence-electron chi connectivity index (χ0n) is 11.3. The minimum atomic E-state index is -0.324. The summed E-state index contributed by atoms with van der Waals surface area (Å²) in [5, 5.41) is 0.636. The van der Waals surface area contributed by atoms with E-state index in [1.807, 2.05) is 36.4 Å². The monoisotopic (exact) mass is 433 g/mol. The van der Waals surface area contributed by atoms with E-state index in [0.717, 1.165) is 20.3 Å². The summed E-state index contributed by atoms with van der Waals surface area (Å²) in [7, 11) is 1.61. The van der Waals surface area contributed by atoms with Crippen molar-refractivity contribution in [2.45, 2.75) is 6.10 Å². The van der Waals surface area contributed by atoms with Gasteiger partial charge in [-0.1, -0.05) is 29.8 Å². The molecule has 0 radical (unpaired) electrons. The van der Waals surface area contributed by atoms with E-state index in [4.69, 9.17) is 26.8 Å². The van der Waals surface area contributed by atoms with Crippen molar-refractivity contribution in [3.63, 3.8) is 0 Å². The Morgan fingerprint density at radius 3 is 2.38 bits per heavy atom. The van der Waals surface area contributed by atoms with Gasteiger partial charge in [-0.2, -0.15) is 0 Å². The average Bonchev–Trinajstić information content (AvgIpc) is 2.48. The van der Waals surface area contributed by atoms with Crippen molar-refractivity contribution in [3.05, 3.63) is 55.9 Å². The highest BCUT2D eigenvalue weighted by Crippen LogP contribution is 2.38. The van der Waals surface area contributed by atoms with Crippen LogP contribution in [0.4, 0.5) is 0 Å². The summed E-state index contributed by atoms with van der Waals surface area (Å²) in [5.41, 5.74) is 6.69. The molecule has 112 valence electrons. The lowest BCUT2D eigenvalue weighted by Gasteiger charge is -2.20. The first-order chi connectivity index (χ1) is 10.1. The number of ether oxygens (including phenoxy) is 2. The van der Waals surface area contributed by atoms with Crippen LogP contribution in [-0.2, 0) is 0 Å². The third kappa shape index (κ3) is 3.92. The lowest BCUT2D eigenvalue weighted by molar-refractivity contribution is 0.212. The van der Waals surface area contributed by atoms with Crippen molar-refractivity contribution in [1.82, 2.24) is 0 Å². The molecule has 0 saturated carbocycles. The van der Waals surface area contributed by atoms with E-state index >= 15 is 0 Å². The van der Waals surface area contributed by atoms with Gasteiger partial charge in [0, 0.05) is 17.1 Å². The molecule has 2 N–H and O–H groups in total. The molecule has 3 nitrogen and oxygen atoms in total. The molecule has 6 heteroatoms. The molecule has 0 saturated heterocycles. The zero-order valence-corrected chi connectivity index (χ0v) is 15.2. The molecular formula is C15H14Br2ClNO2. The van der Waals surface area contributed by atoms with E-state index in [9.17, 15) is 0 Å². The van der Waals surface area contributed by atoms with Crippen molar-refractivity contribution >= 4 is 43.5 Å². The van der Waals surface area contributed by atoms with Crippen LogP contribution in [0.5, 0.6) is 11.5 Å². The molecule has 1 unspecified atom stereocenters. The molecule has 2 rings (SSSR count). The molecule has 2 aromatic carbocycles. The number of benzene rings is 2. The number of rotatable bonds is 5. The fraction of sp³-hybridized carbons (Fsp3) is 0.200. The summed E-state index contributed by atoms with van der Waals surface area (Å²) in [5.74, 6) is 1.38. The van der Waals surface area contributed by atoms with Gasteiger partial charge >= 0.3 is 0 Å². The molecule has 0 amide bonds. The van der Waals surface area contributed by atoms with Gasteiger partial charge in [-0.05, 0) is 50.1 Å². The fourth-order valence-electron chi connectivity index (χ4n) is 1.89. The lowest BCUT2D eigenvalue weighted by atomic mass is 10.1. The van der Waals surface area contributed by atoms with Crippen LogP contribution in [0.3, 0.4) is 0 Å². The van der Waals surface area contributed by atoms with Crippen molar-refractivity contribution < 1.29 is 9.47 Å². The number of methoxy groups -OCH3 is 1. The second kappa shape index (κ2) is 7.49. The normalized spacial score (nSPS) is 12.0. The molecule has 0 aliphatic heterocycles. The Labute approximate surface area is 145 Å². The molecule has 0 aliphatic rings. The predicted octanol–water partition coefficient (Wildman–Crippen LogP) is 4.95. The van der Waals surface area contributed by atoms with Gasteiger partial charge in [-0.3, -0.25) is 0 Å². The Bertz CT molecular complexity index is 637. The molecule has 0 aromatic heterocycles. The average molecular weight is 436 g/mol. The van der Waals surface area contributed by atoms with Gasteiger partial charge in [0.15, 0.2) is 0 Å². The minimum absolute atomic E-state index is 0.319. The predicted molar refractivity (Wildman–Crippen MR) is 92.3 cm³/mol. The van der Waals surface area contributed by atoms with Crippen molar-refractivity contribution in [3.8, 4) is 11.5 Å². The van der Waals surface area contributed by atoms with E-state index in [1.54, 1.807) is 7.11 Å². The highest BCUT2D eigenvalue weighted by Gasteiger charge is 2.17. The molecule has 2 aromatic rings. The molecule has 0 bridgehead atoms. The minimum Gasteiger partial charge on any atom is -0.496 e. The molecule has 21 heavy (non-hydrogen) atoms. The standard InChI is InChI=1S/C15H14Br2ClNO2/c1-20-13-6-11(17)14(7-10(13)16)21-15(8-19)9-4-2-3-5-12(9)18/h2-7,15H,8,19H2,1H3. The van der Waals surface area contributed by atoms with Crippen LogP contribution >= 0.6 is 43.5 Å². The third-order valence-electron chi connectivity index (χ3n) is 2.94. The SMILES string of the molecule is COc1cc(Br)c(OC(CN)c2ccccc2Cl)cc1Br. The van der Waals surface area contributed by atoms with Crippen molar-refractivity contribution in [2.24, 2.45) is 5.73 Å². The largest absolute Gasteiger partial charge is 0.496 e. The Kier molecular flexibility index (Phi) is 5.93. The topological polar surface area (TPSA) is 44.5 Å². The van der Waals surface area contributed by atoms with Gasteiger partial charge in [0.2, 0.25) is 0 Å². The summed E-state index contributed by atoms with van der Waals surface area (Å²) in [6, 6.07) is 11.2. The maximum Gasteiger partial charge on any atom is 0.137 e. The molecule has 0 heterocycles. The maximum absolute atomic E-state index is 6.21. The second-order valence-electron chi connectivity index (χ2n) is 4.28. The van der Waals surface area contributed by atoms with Crippen LogP contribution in [-0.4, -0.2) is 13.7 Å². The van der Waals surface area contributed by atoms with E-state index in [0.29, 0.717) is 17.3 Å². The van der Waals surface area contributed by atoms with Crippen LogP contribution in [0.25, 0.3) is 0 Å². The summed E-state index contributed by atoms with van der Waals surface area (Å²) in [6.07, 6.45) is -0.324. The Hall–Kier alpha value is -0.750. The highest BCUT2D eigenvalue weighted by atomic mass is 79.9. The summed E-state index contributed by atoms with van der Waals surface area (Å²) >= 11 is 13.1. The van der Waals surface area contributed by atoms with Gasteiger partial charge in [-0.15, -0.1) is 0 Å². The third-order valence-corrected chi connectivity index (χ3v) is 4.53. The summed E-state index contributed by atoms with van der Waals surface area (Å²) < 4.78 is 12.8. The highest BCUT2D eigenvalue weighted by molar-refractivity contribution is 9.11. The maximum atomic E-state index is 6.21. The van der Waals surface area contributed by atoms with Crippen LogP contribution < -0.4 is 15.2 Å².